The highest BCUT2D eigenvalue weighted by Crippen LogP contribution is 2.22. The lowest BCUT2D eigenvalue weighted by molar-refractivity contribution is -0.151. The second-order valence-corrected chi connectivity index (χ2v) is 6.58. The van der Waals surface area contributed by atoms with Crippen molar-refractivity contribution in [1.29, 1.82) is 0 Å². The number of ether oxygens (including phenoxy) is 1. The van der Waals surface area contributed by atoms with Crippen molar-refractivity contribution in [2.24, 2.45) is 13.0 Å². The van der Waals surface area contributed by atoms with Crippen molar-refractivity contribution < 1.29 is 23.5 Å². The maximum atomic E-state index is 12.2. The average molecular weight is 374 g/mol. The lowest BCUT2D eigenvalue weighted by Crippen LogP contribution is -2.28. The summed E-state index contributed by atoms with van der Waals surface area (Å²) in [6.45, 7) is 3.78. The van der Waals surface area contributed by atoms with Crippen molar-refractivity contribution in [3.8, 4) is 0 Å². The fourth-order valence-electron chi connectivity index (χ4n) is 3.06. The largest absolute Gasteiger partial charge is 0.467 e. The number of nitrogens with zero attached hydrogens (tertiary/aromatic N) is 3. The molecule has 0 aromatic carbocycles. The molecule has 9 nitrogen and oxygen atoms in total. The molecule has 0 spiro atoms. The molecule has 2 aromatic heterocycles. The summed E-state index contributed by atoms with van der Waals surface area (Å²) in [7, 11) is 1.78. The van der Waals surface area contributed by atoms with Gasteiger partial charge in [-0.2, -0.15) is 5.10 Å². The molecule has 2 amide bonds. The van der Waals surface area contributed by atoms with E-state index < -0.39 is 24.4 Å². The first-order valence-corrected chi connectivity index (χ1v) is 8.62. The lowest BCUT2D eigenvalue weighted by Gasteiger charge is -2.14. The fourth-order valence-corrected chi connectivity index (χ4v) is 3.06. The Morgan fingerprint density at radius 1 is 1.41 bits per heavy atom. The number of nitrogens with one attached hydrogen (secondary N) is 1. The summed E-state index contributed by atoms with van der Waals surface area (Å²) in [4.78, 5) is 37.9. The summed E-state index contributed by atoms with van der Waals surface area (Å²) in [6.07, 6.45) is 1.61. The molecule has 3 rings (SSSR count). The van der Waals surface area contributed by atoms with Crippen LogP contribution in [0.3, 0.4) is 0 Å². The highest BCUT2D eigenvalue weighted by molar-refractivity contribution is 5.94. The third-order valence-corrected chi connectivity index (χ3v) is 4.59. The zero-order chi connectivity index (χ0) is 19.6. The Kier molecular flexibility index (Phi) is 5.29. The first-order chi connectivity index (χ1) is 12.8. The van der Waals surface area contributed by atoms with Gasteiger partial charge >= 0.3 is 5.97 Å². The summed E-state index contributed by atoms with van der Waals surface area (Å²) >= 11 is 0. The van der Waals surface area contributed by atoms with Crippen LogP contribution in [-0.2, 0) is 32.7 Å². The number of carbonyl (C=O) groups excluding carboxylic acids is 3. The minimum atomic E-state index is -0.581. The number of likely N-dealkylation sites (tertiary alicyclic amines) is 1. The maximum Gasteiger partial charge on any atom is 0.311 e. The number of anilines is 1. The number of rotatable bonds is 6. The van der Waals surface area contributed by atoms with Gasteiger partial charge < -0.3 is 19.4 Å². The molecule has 0 unspecified atom stereocenters. The number of hydrogen-bond donors (Lipinski definition) is 1. The molecule has 1 aliphatic rings. The molecule has 1 saturated heterocycles. The Balaban J connectivity index is 1.49. The molecule has 1 atom stereocenters. The summed E-state index contributed by atoms with van der Waals surface area (Å²) in [5.41, 5.74) is 2.10. The zero-order valence-corrected chi connectivity index (χ0v) is 15.5. The van der Waals surface area contributed by atoms with E-state index in [2.05, 4.69) is 10.4 Å². The summed E-state index contributed by atoms with van der Waals surface area (Å²) in [5, 5.41) is 6.92. The Bertz CT molecular complexity index is 855. The number of furan rings is 1. The van der Waals surface area contributed by atoms with Gasteiger partial charge in [0.2, 0.25) is 5.91 Å². The van der Waals surface area contributed by atoms with Crippen LogP contribution in [0.5, 0.6) is 0 Å². The standard InChI is InChI=1S/C18H22N4O5/c1-11-17(12(2)21(3)20-11)19-15(23)10-27-18(25)13-7-16(24)22(8-13)9-14-5-4-6-26-14/h4-6,13H,7-10H2,1-3H3,(H,19,23)/t13-/m0/s1. The van der Waals surface area contributed by atoms with E-state index in [1.807, 2.05) is 6.92 Å². The molecule has 1 aliphatic heterocycles. The quantitative estimate of drug-likeness (QED) is 0.761. The van der Waals surface area contributed by atoms with E-state index >= 15 is 0 Å². The van der Waals surface area contributed by atoms with Gasteiger partial charge in [0, 0.05) is 20.0 Å². The van der Waals surface area contributed by atoms with E-state index in [1.165, 1.54) is 6.26 Å². The molecule has 0 saturated carbocycles. The number of aryl methyl sites for hydroxylation is 2. The van der Waals surface area contributed by atoms with E-state index in [1.54, 1.807) is 35.7 Å². The molecule has 0 aliphatic carbocycles. The van der Waals surface area contributed by atoms with Gasteiger partial charge in [0.15, 0.2) is 6.61 Å². The molecule has 0 radical (unpaired) electrons. The van der Waals surface area contributed by atoms with Crippen LogP contribution < -0.4 is 5.32 Å². The van der Waals surface area contributed by atoms with Crippen molar-refractivity contribution in [3.05, 3.63) is 35.5 Å². The van der Waals surface area contributed by atoms with E-state index in [0.29, 0.717) is 23.7 Å². The number of carbonyl (C=O) groups is 3. The van der Waals surface area contributed by atoms with Crippen molar-refractivity contribution in [2.75, 3.05) is 18.5 Å². The lowest BCUT2D eigenvalue weighted by atomic mass is 10.1. The van der Waals surface area contributed by atoms with Crippen molar-refractivity contribution in [2.45, 2.75) is 26.8 Å². The molecule has 2 aromatic rings. The van der Waals surface area contributed by atoms with Gasteiger partial charge in [-0.1, -0.05) is 0 Å². The van der Waals surface area contributed by atoms with Gasteiger partial charge in [-0.05, 0) is 26.0 Å². The molecule has 3 heterocycles. The van der Waals surface area contributed by atoms with E-state index in [-0.39, 0.29) is 18.9 Å². The molecule has 1 N–H and O–H groups in total. The number of esters is 1. The predicted octanol–water partition coefficient (Wildman–Crippen LogP) is 1.16. The van der Waals surface area contributed by atoms with Gasteiger partial charge in [0.25, 0.3) is 5.91 Å². The van der Waals surface area contributed by atoms with Crippen LogP contribution in [0, 0.1) is 19.8 Å². The Morgan fingerprint density at radius 3 is 2.81 bits per heavy atom. The van der Waals surface area contributed by atoms with Gasteiger partial charge in [-0.3, -0.25) is 19.1 Å². The molecule has 9 heteroatoms. The van der Waals surface area contributed by atoms with Crippen LogP contribution in [0.1, 0.15) is 23.6 Å². The Labute approximate surface area is 156 Å². The summed E-state index contributed by atoms with van der Waals surface area (Å²) in [5.74, 6) is -1.07. The van der Waals surface area contributed by atoms with E-state index in [0.717, 1.165) is 5.69 Å². The van der Waals surface area contributed by atoms with Crippen LogP contribution in [0.15, 0.2) is 22.8 Å². The van der Waals surface area contributed by atoms with Crippen LogP contribution in [0.2, 0.25) is 0 Å². The number of hydrogen-bond acceptors (Lipinski definition) is 6. The average Bonchev–Trinajstić information content (AvgIpc) is 3.32. The predicted molar refractivity (Wildman–Crippen MR) is 94.5 cm³/mol. The number of aromatic nitrogens is 2. The molecule has 144 valence electrons. The van der Waals surface area contributed by atoms with Crippen molar-refractivity contribution in [3.63, 3.8) is 0 Å². The van der Waals surface area contributed by atoms with Gasteiger partial charge in [0.05, 0.1) is 35.8 Å². The Hall–Kier alpha value is -3.10. The third kappa shape index (κ3) is 4.18. The van der Waals surface area contributed by atoms with Crippen LogP contribution in [0.4, 0.5) is 5.69 Å². The minimum absolute atomic E-state index is 0.0714. The first-order valence-electron chi connectivity index (χ1n) is 8.62. The van der Waals surface area contributed by atoms with Gasteiger partial charge in [0.1, 0.15) is 5.76 Å². The van der Waals surface area contributed by atoms with Crippen LogP contribution >= 0.6 is 0 Å². The van der Waals surface area contributed by atoms with Gasteiger partial charge in [-0.25, -0.2) is 0 Å². The first kappa shape index (κ1) is 18.7. The molecule has 0 bridgehead atoms. The maximum absolute atomic E-state index is 12.2. The highest BCUT2D eigenvalue weighted by atomic mass is 16.5. The second-order valence-electron chi connectivity index (χ2n) is 6.58. The topological polar surface area (TPSA) is 107 Å². The van der Waals surface area contributed by atoms with Crippen molar-refractivity contribution in [1.82, 2.24) is 14.7 Å². The second kappa shape index (κ2) is 7.65. The minimum Gasteiger partial charge on any atom is -0.467 e. The zero-order valence-electron chi connectivity index (χ0n) is 15.5. The van der Waals surface area contributed by atoms with Crippen LogP contribution in [-0.4, -0.2) is 45.6 Å². The highest BCUT2D eigenvalue weighted by Gasteiger charge is 2.35. The van der Waals surface area contributed by atoms with E-state index in [9.17, 15) is 14.4 Å². The van der Waals surface area contributed by atoms with E-state index in [4.69, 9.17) is 9.15 Å². The summed E-state index contributed by atoms with van der Waals surface area (Å²) < 4.78 is 12.0. The Morgan fingerprint density at radius 2 is 2.19 bits per heavy atom. The van der Waals surface area contributed by atoms with Crippen molar-refractivity contribution >= 4 is 23.5 Å². The van der Waals surface area contributed by atoms with Crippen LogP contribution in [0.25, 0.3) is 0 Å². The molecule has 1 fully saturated rings. The molecular formula is C18H22N4O5. The SMILES string of the molecule is Cc1nn(C)c(C)c1NC(=O)COC(=O)[C@H]1CC(=O)N(Cc2ccco2)C1. The smallest absolute Gasteiger partial charge is 0.311 e. The summed E-state index contributed by atoms with van der Waals surface area (Å²) in [6, 6.07) is 3.51. The molecule has 27 heavy (non-hydrogen) atoms. The number of amides is 2. The monoisotopic (exact) mass is 374 g/mol. The third-order valence-electron chi connectivity index (χ3n) is 4.59. The normalized spacial score (nSPS) is 16.6. The fraction of sp³-hybridized carbons (Fsp3) is 0.444. The molecular weight excluding hydrogens is 352 g/mol. The van der Waals surface area contributed by atoms with Gasteiger partial charge in [-0.15, -0.1) is 0 Å².